The van der Waals surface area contributed by atoms with E-state index in [1.807, 2.05) is 13.8 Å². The number of nitrogens with zero attached hydrogens (tertiary/aromatic N) is 2. The van der Waals surface area contributed by atoms with Gasteiger partial charge in [-0.25, -0.2) is 8.42 Å². The number of carbonyl (C=O) groups excluding carboxylic acids is 1. The summed E-state index contributed by atoms with van der Waals surface area (Å²) >= 11 is 5.99. The lowest BCUT2D eigenvalue weighted by Gasteiger charge is -2.44. The maximum atomic E-state index is 13.4. The molecule has 2 aliphatic heterocycles. The fourth-order valence-electron chi connectivity index (χ4n) is 5.04. The first kappa shape index (κ1) is 26.9. The molecule has 2 heterocycles. The van der Waals surface area contributed by atoms with E-state index in [0.29, 0.717) is 29.8 Å². The number of sulfonamides is 1. The number of hydrogen-bond acceptors (Lipinski definition) is 4. The first-order valence-corrected chi connectivity index (χ1v) is 13.6. The van der Waals surface area contributed by atoms with Crippen LogP contribution in [0.2, 0.25) is 5.02 Å². The van der Waals surface area contributed by atoms with Gasteiger partial charge in [0.15, 0.2) is 0 Å². The molecular formula is C25H29ClF3N3O3S. The fraction of sp³-hybridized carbons (Fsp3) is 0.480. The first-order valence-electron chi connectivity index (χ1n) is 11.8. The van der Waals surface area contributed by atoms with Gasteiger partial charge in [0.25, 0.3) is 0 Å². The predicted octanol–water partition coefficient (Wildman–Crippen LogP) is 4.89. The van der Waals surface area contributed by atoms with Gasteiger partial charge in [-0.1, -0.05) is 43.6 Å². The van der Waals surface area contributed by atoms with Crippen LogP contribution >= 0.6 is 11.6 Å². The molecule has 6 nitrogen and oxygen atoms in total. The maximum absolute atomic E-state index is 13.4. The van der Waals surface area contributed by atoms with Crippen LogP contribution in [0.1, 0.15) is 44.2 Å². The highest BCUT2D eigenvalue weighted by molar-refractivity contribution is 7.89. The van der Waals surface area contributed by atoms with Crippen LogP contribution in [0.3, 0.4) is 0 Å². The summed E-state index contributed by atoms with van der Waals surface area (Å²) in [6.07, 6.45) is -3.29. The number of carbonyl (C=O) groups is 1. The van der Waals surface area contributed by atoms with Crippen LogP contribution in [0.4, 0.5) is 13.2 Å². The van der Waals surface area contributed by atoms with Gasteiger partial charge in [-0.15, -0.1) is 0 Å². The lowest BCUT2D eigenvalue weighted by molar-refractivity contribution is -0.137. The van der Waals surface area contributed by atoms with E-state index in [1.165, 1.54) is 22.5 Å². The van der Waals surface area contributed by atoms with Gasteiger partial charge in [0.05, 0.1) is 22.2 Å². The van der Waals surface area contributed by atoms with Crippen molar-refractivity contribution in [3.8, 4) is 0 Å². The SMILES string of the molecule is CC(C)C[C@@H]1NC2(CCN(S(=O)(=O)c3cccc(Cl)c3)CC2)N(Cc2cccc(C(F)(F)F)c2)C1=O. The summed E-state index contributed by atoms with van der Waals surface area (Å²) in [5.74, 6) is 0.0487. The molecule has 2 aromatic carbocycles. The Morgan fingerprint density at radius 1 is 1.11 bits per heavy atom. The van der Waals surface area contributed by atoms with Crippen LogP contribution in [-0.4, -0.2) is 48.3 Å². The molecule has 0 radical (unpaired) electrons. The molecule has 1 atom stereocenters. The van der Waals surface area contributed by atoms with Crippen LogP contribution in [0.25, 0.3) is 0 Å². The molecule has 1 N–H and O–H groups in total. The summed E-state index contributed by atoms with van der Waals surface area (Å²) in [6.45, 7) is 4.31. The summed E-state index contributed by atoms with van der Waals surface area (Å²) in [6, 6.07) is 10.6. The van der Waals surface area contributed by atoms with Crippen molar-refractivity contribution in [3.63, 3.8) is 0 Å². The average Bonchev–Trinajstić information content (AvgIpc) is 3.04. The Balaban J connectivity index is 1.59. The molecule has 4 rings (SSSR count). The molecule has 0 bridgehead atoms. The van der Waals surface area contributed by atoms with E-state index < -0.39 is 33.5 Å². The summed E-state index contributed by atoms with van der Waals surface area (Å²) in [4.78, 5) is 15.1. The normalized spacial score (nSPS) is 21.0. The Hall–Kier alpha value is -2.14. The van der Waals surface area contributed by atoms with Crippen LogP contribution in [-0.2, 0) is 27.5 Å². The van der Waals surface area contributed by atoms with Gasteiger partial charge >= 0.3 is 6.18 Å². The van der Waals surface area contributed by atoms with Crippen LogP contribution < -0.4 is 5.32 Å². The lowest BCUT2D eigenvalue weighted by Crippen LogP contribution is -2.59. The Kier molecular flexibility index (Phi) is 7.45. The maximum Gasteiger partial charge on any atom is 0.416 e. The highest BCUT2D eigenvalue weighted by Gasteiger charge is 2.52. The van der Waals surface area contributed by atoms with Crippen molar-refractivity contribution in [1.29, 1.82) is 0 Å². The molecule has 2 fully saturated rings. The highest BCUT2D eigenvalue weighted by atomic mass is 35.5. The minimum atomic E-state index is -4.48. The van der Waals surface area contributed by atoms with Gasteiger partial charge in [-0.3, -0.25) is 10.1 Å². The second-order valence-corrected chi connectivity index (χ2v) is 12.2. The molecule has 0 aliphatic carbocycles. The molecular weight excluding hydrogens is 515 g/mol. The van der Waals surface area contributed by atoms with E-state index in [-0.39, 0.29) is 36.4 Å². The van der Waals surface area contributed by atoms with Gasteiger partial charge < -0.3 is 4.90 Å². The van der Waals surface area contributed by atoms with E-state index in [2.05, 4.69) is 5.32 Å². The minimum absolute atomic E-state index is 0.00535. The molecule has 196 valence electrons. The molecule has 0 unspecified atom stereocenters. The average molecular weight is 544 g/mol. The molecule has 0 aromatic heterocycles. The number of alkyl halides is 3. The smallest absolute Gasteiger partial charge is 0.319 e. The lowest BCUT2D eigenvalue weighted by atomic mass is 9.96. The van der Waals surface area contributed by atoms with E-state index in [0.717, 1.165) is 12.1 Å². The largest absolute Gasteiger partial charge is 0.416 e. The Bertz CT molecular complexity index is 1230. The van der Waals surface area contributed by atoms with Crippen molar-refractivity contribution in [3.05, 3.63) is 64.7 Å². The minimum Gasteiger partial charge on any atom is -0.319 e. The molecule has 36 heavy (non-hydrogen) atoms. The van der Waals surface area contributed by atoms with E-state index >= 15 is 0 Å². The molecule has 1 amide bonds. The molecule has 11 heteroatoms. The summed E-state index contributed by atoms with van der Waals surface area (Å²) in [5, 5.41) is 3.75. The monoisotopic (exact) mass is 543 g/mol. The summed E-state index contributed by atoms with van der Waals surface area (Å²) in [5.41, 5.74) is -1.24. The molecule has 2 aliphatic rings. The molecule has 0 saturated carbocycles. The predicted molar refractivity (Wildman–Crippen MR) is 131 cm³/mol. The summed E-state index contributed by atoms with van der Waals surface area (Å²) < 4.78 is 67.5. The number of nitrogens with one attached hydrogen (secondary N) is 1. The first-order chi connectivity index (χ1) is 16.8. The van der Waals surface area contributed by atoms with Crippen LogP contribution in [0, 0.1) is 5.92 Å². The number of rotatable bonds is 6. The topological polar surface area (TPSA) is 69.7 Å². The Labute approximate surface area is 214 Å². The fourth-order valence-corrected chi connectivity index (χ4v) is 6.78. The van der Waals surface area contributed by atoms with Gasteiger partial charge in [-0.05, 0) is 61.1 Å². The zero-order valence-corrected chi connectivity index (χ0v) is 21.6. The van der Waals surface area contributed by atoms with Crippen molar-refractivity contribution >= 4 is 27.5 Å². The standard InChI is InChI=1S/C25H29ClF3N3O3S/c1-17(2)13-22-23(33)32(16-18-5-3-6-19(14-18)25(27,28)29)24(30-22)9-11-31(12-10-24)36(34,35)21-8-4-7-20(26)15-21/h3-8,14-15,17,22,30H,9-13,16H2,1-2H3/t22-/m0/s1. The van der Waals surface area contributed by atoms with E-state index in [1.54, 1.807) is 23.1 Å². The third-order valence-corrected chi connectivity index (χ3v) is 8.94. The van der Waals surface area contributed by atoms with Crippen molar-refractivity contribution in [2.45, 2.75) is 62.4 Å². The number of hydrogen-bond donors (Lipinski definition) is 1. The van der Waals surface area contributed by atoms with Gasteiger partial charge in [0.1, 0.15) is 0 Å². The Morgan fingerprint density at radius 2 is 1.78 bits per heavy atom. The number of piperidine rings is 1. The third kappa shape index (κ3) is 5.41. The second kappa shape index (κ2) is 9.96. The van der Waals surface area contributed by atoms with Crippen molar-refractivity contribution < 1.29 is 26.4 Å². The summed E-state index contributed by atoms with van der Waals surface area (Å²) in [7, 11) is -3.78. The zero-order chi connectivity index (χ0) is 26.3. The number of halogens is 4. The quantitative estimate of drug-likeness (QED) is 0.563. The zero-order valence-electron chi connectivity index (χ0n) is 20.1. The highest BCUT2D eigenvalue weighted by Crippen LogP contribution is 2.37. The second-order valence-electron chi connectivity index (χ2n) is 9.84. The van der Waals surface area contributed by atoms with Gasteiger partial charge in [0.2, 0.25) is 15.9 Å². The van der Waals surface area contributed by atoms with Crippen molar-refractivity contribution in [2.24, 2.45) is 5.92 Å². The van der Waals surface area contributed by atoms with Crippen LogP contribution in [0.5, 0.6) is 0 Å². The van der Waals surface area contributed by atoms with Gasteiger partial charge in [0, 0.05) is 24.7 Å². The molecule has 2 aromatic rings. The number of benzene rings is 2. The molecule has 1 spiro atoms. The van der Waals surface area contributed by atoms with Crippen molar-refractivity contribution in [1.82, 2.24) is 14.5 Å². The van der Waals surface area contributed by atoms with Crippen molar-refractivity contribution in [2.75, 3.05) is 13.1 Å². The van der Waals surface area contributed by atoms with Gasteiger partial charge in [-0.2, -0.15) is 17.5 Å². The van der Waals surface area contributed by atoms with Crippen LogP contribution in [0.15, 0.2) is 53.4 Å². The number of amides is 1. The van der Waals surface area contributed by atoms with E-state index in [9.17, 15) is 26.4 Å². The third-order valence-electron chi connectivity index (χ3n) is 6.81. The Morgan fingerprint density at radius 3 is 2.39 bits per heavy atom. The molecule has 2 saturated heterocycles. The van der Waals surface area contributed by atoms with E-state index in [4.69, 9.17) is 11.6 Å².